The zero-order chi connectivity index (χ0) is 20.7. The highest BCUT2D eigenvalue weighted by Crippen LogP contribution is 2.56. The minimum absolute atomic E-state index is 0.0371. The highest BCUT2D eigenvalue weighted by Gasteiger charge is 2.53. The molecule has 0 atom stereocenters. The lowest BCUT2D eigenvalue weighted by atomic mass is 9.77. The molecule has 7 heteroatoms. The van der Waals surface area contributed by atoms with Crippen LogP contribution < -0.4 is 4.74 Å². The number of rotatable bonds is 0. The van der Waals surface area contributed by atoms with E-state index < -0.39 is 11.6 Å². The number of ether oxygens (including phenoxy) is 2. The smallest absolute Gasteiger partial charge is 0.340 e. The molecule has 6 rings (SSSR count). The first kappa shape index (κ1) is 18.2. The van der Waals surface area contributed by atoms with Crippen LogP contribution in [-0.4, -0.2) is 21.2 Å². The fourth-order valence-corrected chi connectivity index (χ4v) is 4.18. The summed E-state index contributed by atoms with van der Waals surface area (Å²) in [4.78, 5) is 16.3. The molecule has 3 heterocycles. The first-order valence-electron chi connectivity index (χ1n) is 9.09. The predicted octanol–water partition coefficient (Wildman–Crippen LogP) is 4.81. The van der Waals surface area contributed by atoms with E-state index >= 15 is 0 Å². The Hall–Kier alpha value is -3.84. The van der Waals surface area contributed by atoms with Gasteiger partial charge in [-0.3, -0.25) is 4.98 Å². The van der Waals surface area contributed by atoms with E-state index in [0.717, 1.165) is 0 Å². The molecule has 3 aromatic carbocycles. The summed E-state index contributed by atoms with van der Waals surface area (Å²) in [5.74, 6) is 0.408. The number of phenolic OH excluding ortho intramolecular Hbond substituents is 2. The van der Waals surface area contributed by atoms with Crippen molar-refractivity contribution in [1.82, 2.24) is 4.98 Å². The molecular formula is C23H15NO5S. The number of benzene rings is 3. The monoisotopic (exact) mass is 417 g/mol. The van der Waals surface area contributed by atoms with Gasteiger partial charge < -0.3 is 19.7 Å². The van der Waals surface area contributed by atoms with Crippen molar-refractivity contribution in [2.24, 2.45) is 0 Å². The first-order valence-corrected chi connectivity index (χ1v) is 10.0. The maximum atomic E-state index is 12.5. The van der Waals surface area contributed by atoms with E-state index in [1.807, 2.05) is 17.5 Å². The largest absolute Gasteiger partial charge is 0.508 e. The summed E-state index contributed by atoms with van der Waals surface area (Å²) in [5.41, 5.74) is 3.08. The van der Waals surface area contributed by atoms with Crippen molar-refractivity contribution < 1.29 is 24.5 Å². The molecule has 0 saturated carbocycles. The molecule has 0 aliphatic carbocycles. The molecule has 1 aromatic heterocycles. The maximum absolute atomic E-state index is 12.5. The minimum Gasteiger partial charge on any atom is -0.508 e. The van der Waals surface area contributed by atoms with Gasteiger partial charge >= 0.3 is 5.97 Å². The van der Waals surface area contributed by atoms with Crippen LogP contribution in [0.2, 0.25) is 0 Å². The number of carbonyl (C=O) groups is 1. The first-order chi connectivity index (χ1) is 14.6. The Kier molecular flexibility index (Phi) is 4.18. The van der Waals surface area contributed by atoms with Crippen LogP contribution in [0.1, 0.15) is 27.0 Å². The van der Waals surface area contributed by atoms with Crippen molar-refractivity contribution >= 4 is 17.3 Å². The highest BCUT2D eigenvalue weighted by molar-refractivity contribution is 7.07. The lowest BCUT2D eigenvalue weighted by Gasteiger charge is -2.36. The van der Waals surface area contributed by atoms with Crippen LogP contribution in [0.3, 0.4) is 0 Å². The molecule has 2 aliphatic rings. The minimum atomic E-state index is -1.17. The van der Waals surface area contributed by atoms with Gasteiger partial charge in [0.1, 0.15) is 23.0 Å². The number of aromatic hydroxyl groups is 2. The average molecular weight is 417 g/mol. The Morgan fingerprint density at radius 1 is 0.867 bits per heavy atom. The van der Waals surface area contributed by atoms with Gasteiger partial charge in [0.2, 0.25) is 0 Å². The molecule has 148 valence electrons. The lowest BCUT2D eigenvalue weighted by molar-refractivity contribution is 0.0224. The number of fused-ring (bicyclic) bond motifs is 6. The van der Waals surface area contributed by atoms with Gasteiger partial charge in [-0.2, -0.15) is 0 Å². The number of hydrogen-bond acceptors (Lipinski definition) is 7. The van der Waals surface area contributed by atoms with Crippen molar-refractivity contribution in [2.75, 3.05) is 0 Å². The van der Waals surface area contributed by atoms with E-state index in [1.54, 1.807) is 47.3 Å². The highest BCUT2D eigenvalue weighted by atomic mass is 32.1. The molecule has 2 N–H and O–H groups in total. The van der Waals surface area contributed by atoms with Gasteiger partial charge in [-0.1, -0.05) is 18.2 Å². The topological polar surface area (TPSA) is 88.9 Å². The fourth-order valence-electron chi connectivity index (χ4n) is 3.83. The van der Waals surface area contributed by atoms with Crippen LogP contribution in [0.25, 0.3) is 0 Å². The number of aromatic nitrogens is 1. The van der Waals surface area contributed by atoms with E-state index in [9.17, 15) is 15.0 Å². The van der Waals surface area contributed by atoms with E-state index in [1.165, 1.54) is 24.3 Å². The molecule has 0 fully saturated rings. The van der Waals surface area contributed by atoms with Crippen LogP contribution in [0, 0.1) is 0 Å². The molecule has 30 heavy (non-hydrogen) atoms. The summed E-state index contributed by atoms with van der Waals surface area (Å²) in [6, 6.07) is 16.6. The molecule has 6 nitrogen and oxygen atoms in total. The molecular weight excluding hydrogens is 402 g/mol. The third-order valence-corrected chi connectivity index (χ3v) is 5.55. The van der Waals surface area contributed by atoms with Crippen molar-refractivity contribution in [3.05, 3.63) is 100 Å². The molecule has 0 amide bonds. The van der Waals surface area contributed by atoms with Crippen LogP contribution in [0.5, 0.6) is 23.0 Å². The third-order valence-electron chi connectivity index (χ3n) is 5.03. The quantitative estimate of drug-likeness (QED) is 0.399. The van der Waals surface area contributed by atoms with Crippen LogP contribution in [-0.2, 0) is 10.3 Å². The number of esters is 1. The van der Waals surface area contributed by atoms with E-state index in [2.05, 4.69) is 4.98 Å². The molecule has 0 unspecified atom stereocenters. The summed E-state index contributed by atoms with van der Waals surface area (Å²) >= 11 is 1.60. The Labute approximate surface area is 175 Å². The summed E-state index contributed by atoms with van der Waals surface area (Å²) < 4.78 is 11.8. The summed E-state index contributed by atoms with van der Waals surface area (Å²) in [5, 5.41) is 21.6. The van der Waals surface area contributed by atoms with Crippen LogP contribution in [0.15, 0.2) is 77.8 Å². The van der Waals surface area contributed by atoms with Gasteiger partial charge in [-0.25, -0.2) is 4.79 Å². The van der Waals surface area contributed by atoms with Gasteiger partial charge in [-0.15, -0.1) is 11.3 Å². The second kappa shape index (κ2) is 6.89. The van der Waals surface area contributed by atoms with E-state index in [4.69, 9.17) is 9.47 Å². The Balaban J connectivity index is 0.000000340. The number of thiazole rings is 1. The summed E-state index contributed by atoms with van der Waals surface area (Å²) in [6.45, 7) is 0. The van der Waals surface area contributed by atoms with E-state index in [0.29, 0.717) is 33.8 Å². The predicted molar refractivity (Wildman–Crippen MR) is 110 cm³/mol. The van der Waals surface area contributed by atoms with Crippen molar-refractivity contribution in [2.45, 2.75) is 5.60 Å². The van der Waals surface area contributed by atoms with Gasteiger partial charge in [-0.05, 0) is 30.3 Å². The van der Waals surface area contributed by atoms with Gasteiger partial charge in [0, 0.05) is 40.4 Å². The second-order valence-corrected chi connectivity index (χ2v) is 7.51. The van der Waals surface area contributed by atoms with Gasteiger partial charge in [0.05, 0.1) is 11.1 Å². The zero-order valence-corrected chi connectivity index (χ0v) is 16.3. The zero-order valence-electron chi connectivity index (χ0n) is 15.5. The van der Waals surface area contributed by atoms with E-state index in [-0.39, 0.29) is 11.5 Å². The molecule has 4 aromatic rings. The standard InChI is InChI=1S/C20H12O5.C3H3NS/c21-11-5-7-15-17(9-11)24-18-10-12(22)6-8-16(18)20(15)14-4-2-1-3-13(14)19(23)25-20;1-2-5-3-4-1/h1-10,21-22H;1-3H. The van der Waals surface area contributed by atoms with Gasteiger partial charge in [0.15, 0.2) is 5.60 Å². The molecule has 1 spiro atoms. The van der Waals surface area contributed by atoms with Crippen LogP contribution in [0.4, 0.5) is 0 Å². The normalized spacial score (nSPS) is 14.5. The number of nitrogens with zero attached hydrogens (tertiary/aromatic N) is 1. The summed E-state index contributed by atoms with van der Waals surface area (Å²) in [7, 11) is 0. The molecule has 0 saturated heterocycles. The van der Waals surface area contributed by atoms with Crippen molar-refractivity contribution in [3.63, 3.8) is 0 Å². The number of phenols is 2. The second-order valence-electron chi connectivity index (χ2n) is 6.75. The average Bonchev–Trinajstić information content (AvgIpc) is 3.40. The number of carbonyl (C=O) groups excluding carboxylic acids is 1. The molecule has 0 radical (unpaired) electrons. The summed E-state index contributed by atoms with van der Waals surface area (Å²) in [6.07, 6.45) is 1.77. The van der Waals surface area contributed by atoms with Crippen LogP contribution >= 0.6 is 11.3 Å². The van der Waals surface area contributed by atoms with Crippen molar-refractivity contribution in [3.8, 4) is 23.0 Å². The molecule has 2 aliphatic heterocycles. The Morgan fingerprint density at radius 3 is 2.10 bits per heavy atom. The number of hydrogen-bond donors (Lipinski definition) is 2. The Morgan fingerprint density at radius 2 is 1.53 bits per heavy atom. The molecule has 0 bridgehead atoms. The van der Waals surface area contributed by atoms with Crippen molar-refractivity contribution in [1.29, 1.82) is 0 Å². The third kappa shape index (κ3) is 2.71. The lowest BCUT2D eigenvalue weighted by Crippen LogP contribution is -2.32. The van der Waals surface area contributed by atoms with Gasteiger partial charge in [0.25, 0.3) is 0 Å². The maximum Gasteiger partial charge on any atom is 0.340 e. The fraction of sp³-hybridized carbons (Fsp3) is 0.0435. The SMILES string of the molecule is O=C1OC2(c3ccc(O)cc3Oc3cc(O)ccc32)c2ccccc21.c1cscn1. The Bertz CT molecular complexity index is 1180.